The maximum atomic E-state index is 12.2. The maximum Gasteiger partial charge on any atom is 0.275 e. The van der Waals surface area contributed by atoms with E-state index in [1.165, 1.54) is 24.2 Å². The van der Waals surface area contributed by atoms with Crippen molar-refractivity contribution in [2.45, 2.75) is 44.2 Å². The van der Waals surface area contributed by atoms with Gasteiger partial charge in [0.15, 0.2) is 0 Å². The Morgan fingerprint density at radius 3 is 2.83 bits per heavy atom. The van der Waals surface area contributed by atoms with Gasteiger partial charge in [0.25, 0.3) is 5.91 Å². The molecule has 2 aliphatic rings. The Kier molecular flexibility index (Phi) is 6.56. The van der Waals surface area contributed by atoms with E-state index in [1.807, 2.05) is 10.9 Å². The van der Waals surface area contributed by atoms with Gasteiger partial charge < -0.3 is 15.8 Å². The van der Waals surface area contributed by atoms with Crippen molar-refractivity contribution in [3.05, 3.63) is 35.9 Å². The van der Waals surface area contributed by atoms with Crippen LogP contribution in [0.4, 0.5) is 5.69 Å². The summed E-state index contributed by atoms with van der Waals surface area (Å²) in [5.41, 5.74) is 7.67. The zero-order valence-electron chi connectivity index (χ0n) is 17.0. The quantitative estimate of drug-likeness (QED) is 0.659. The van der Waals surface area contributed by atoms with Crippen LogP contribution in [-0.4, -0.2) is 49.7 Å². The summed E-state index contributed by atoms with van der Waals surface area (Å²) in [4.78, 5) is 16.6. The van der Waals surface area contributed by atoms with Crippen molar-refractivity contribution >= 4 is 22.9 Å². The van der Waals surface area contributed by atoms with Crippen LogP contribution in [0.2, 0.25) is 0 Å². The molecule has 1 aliphatic heterocycles. The second-order valence-electron chi connectivity index (χ2n) is 7.64. The molecule has 9 nitrogen and oxygen atoms in total. The number of aromatic nitrogens is 5. The van der Waals surface area contributed by atoms with Crippen molar-refractivity contribution in [1.29, 1.82) is 0 Å². The Hall–Kier alpha value is -2.56. The lowest BCUT2D eigenvalue weighted by Gasteiger charge is -2.02. The molecule has 0 bridgehead atoms. The molecule has 1 atom stereocenters. The lowest BCUT2D eigenvalue weighted by Crippen LogP contribution is -2.19. The molecule has 5 rings (SSSR count). The highest BCUT2D eigenvalue weighted by atomic mass is 32.1. The number of nitrogens with two attached hydrogens (primary N) is 1. The Morgan fingerprint density at radius 1 is 1.20 bits per heavy atom. The highest BCUT2D eigenvalue weighted by molar-refractivity contribution is 7.13. The number of hydrogen-bond donors (Lipinski definition) is 2. The molecule has 2 fully saturated rings. The number of nitrogens with one attached hydrogen (secondary N) is 1. The van der Waals surface area contributed by atoms with Gasteiger partial charge in [-0.2, -0.15) is 10.2 Å². The number of amides is 1. The molecule has 4 heterocycles. The molecule has 1 saturated carbocycles. The summed E-state index contributed by atoms with van der Waals surface area (Å²) in [5.74, 6) is -0.231. The topological polar surface area (TPSA) is 113 Å². The third-order valence-electron chi connectivity index (χ3n) is 4.97. The molecule has 1 unspecified atom stereocenters. The number of thiazole rings is 1. The van der Waals surface area contributed by atoms with Crippen LogP contribution in [0, 0.1) is 0 Å². The Balaban J connectivity index is 0.000000230. The second kappa shape index (κ2) is 9.50. The molecule has 30 heavy (non-hydrogen) atoms. The van der Waals surface area contributed by atoms with Gasteiger partial charge in [-0.25, -0.2) is 4.98 Å². The fourth-order valence-electron chi connectivity index (χ4n) is 3.11. The predicted molar refractivity (Wildman–Crippen MR) is 115 cm³/mol. The van der Waals surface area contributed by atoms with Crippen LogP contribution in [0.3, 0.4) is 0 Å². The van der Waals surface area contributed by atoms with E-state index in [9.17, 15) is 4.79 Å². The zero-order chi connectivity index (χ0) is 20.9. The highest BCUT2D eigenvalue weighted by Crippen LogP contribution is 2.35. The third kappa shape index (κ3) is 5.53. The lowest BCUT2D eigenvalue weighted by atomic mass is 10.1. The number of hydrogen-bond acceptors (Lipinski definition) is 7. The van der Waals surface area contributed by atoms with Gasteiger partial charge >= 0.3 is 0 Å². The number of nitrogens with zero attached hydrogens (tertiary/aromatic N) is 5. The molecule has 1 saturated heterocycles. The molecule has 3 aromatic rings. The number of carbonyl (C=O) groups excluding carboxylic acids is 1. The van der Waals surface area contributed by atoms with Crippen LogP contribution in [0.25, 0.3) is 10.6 Å². The zero-order valence-corrected chi connectivity index (χ0v) is 17.8. The van der Waals surface area contributed by atoms with E-state index in [1.54, 1.807) is 35.7 Å². The summed E-state index contributed by atoms with van der Waals surface area (Å²) in [6, 6.07) is 0.944. The first-order valence-corrected chi connectivity index (χ1v) is 11.1. The van der Waals surface area contributed by atoms with Crippen LogP contribution in [0.1, 0.15) is 48.6 Å². The maximum absolute atomic E-state index is 12.2. The molecule has 160 valence electrons. The molecular weight excluding hydrogens is 402 g/mol. The van der Waals surface area contributed by atoms with E-state index in [0.29, 0.717) is 23.5 Å². The minimum Gasteiger partial charge on any atom is -0.381 e. The van der Waals surface area contributed by atoms with E-state index >= 15 is 0 Å². The van der Waals surface area contributed by atoms with Crippen LogP contribution in [-0.2, 0) is 11.8 Å². The number of aryl methyl sites for hydroxylation is 1. The average Bonchev–Trinajstić information content (AvgIpc) is 3.14. The molecular formula is C20H27N7O2S. The molecule has 3 N–H and O–H groups in total. The standard InChI is InChI=1S/C14H14N6OS.C6H13NO/c1-19-7-10(5-15-19)17-13(21)12-8-22-14(18-12)9-4-16-20(6-9)11-2-3-11;7-6-2-1-4-8-5-3-6/h4-8,11H,2-3H2,1H3,(H,17,21);6H,1-5,7H2. The van der Waals surface area contributed by atoms with Gasteiger partial charge in [-0.3, -0.25) is 14.2 Å². The molecule has 0 spiro atoms. The number of ether oxygens (including phenoxy) is 1. The predicted octanol–water partition coefficient (Wildman–Crippen LogP) is 2.84. The molecule has 0 radical (unpaired) electrons. The fraction of sp³-hybridized carbons (Fsp3) is 0.500. The summed E-state index contributed by atoms with van der Waals surface area (Å²) < 4.78 is 8.80. The summed E-state index contributed by atoms with van der Waals surface area (Å²) in [6.45, 7) is 1.77. The van der Waals surface area contributed by atoms with Crippen molar-refractivity contribution in [2.75, 3.05) is 18.5 Å². The van der Waals surface area contributed by atoms with E-state index in [4.69, 9.17) is 10.5 Å². The van der Waals surface area contributed by atoms with E-state index in [-0.39, 0.29) is 5.91 Å². The van der Waals surface area contributed by atoms with E-state index in [2.05, 4.69) is 20.5 Å². The first kappa shape index (κ1) is 20.7. The normalized spacial score (nSPS) is 18.9. The summed E-state index contributed by atoms with van der Waals surface area (Å²) in [6.07, 6.45) is 12.9. The van der Waals surface area contributed by atoms with Gasteiger partial charge in [-0.1, -0.05) is 0 Å². The van der Waals surface area contributed by atoms with Crippen molar-refractivity contribution in [1.82, 2.24) is 24.5 Å². The van der Waals surface area contributed by atoms with Crippen molar-refractivity contribution in [3.8, 4) is 10.6 Å². The molecule has 0 aromatic carbocycles. The van der Waals surface area contributed by atoms with E-state index < -0.39 is 0 Å². The smallest absolute Gasteiger partial charge is 0.275 e. The van der Waals surface area contributed by atoms with Crippen molar-refractivity contribution in [3.63, 3.8) is 0 Å². The summed E-state index contributed by atoms with van der Waals surface area (Å²) in [7, 11) is 1.80. The van der Waals surface area contributed by atoms with Gasteiger partial charge in [0, 0.05) is 49.6 Å². The number of carbonyl (C=O) groups is 1. The van der Waals surface area contributed by atoms with Crippen molar-refractivity contribution < 1.29 is 9.53 Å². The minimum atomic E-state index is -0.231. The van der Waals surface area contributed by atoms with Gasteiger partial charge in [0.1, 0.15) is 10.7 Å². The largest absolute Gasteiger partial charge is 0.381 e. The Bertz CT molecular complexity index is 967. The highest BCUT2D eigenvalue weighted by Gasteiger charge is 2.24. The summed E-state index contributed by atoms with van der Waals surface area (Å²) >= 11 is 1.45. The number of rotatable bonds is 4. The molecule has 1 aliphatic carbocycles. The average molecular weight is 430 g/mol. The van der Waals surface area contributed by atoms with Crippen LogP contribution in [0.5, 0.6) is 0 Å². The van der Waals surface area contributed by atoms with Gasteiger partial charge in [0.05, 0.1) is 24.1 Å². The minimum absolute atomic E-state index is 0.231. The molecule has 3 aromatic heterocycles. The number of anilines is 1. The Labute approximate surface area is 179 Å². The lowest BCUT2D eigenvalue weighted by molar-refractivity contribution is 0.102. The molecule has 10 heteroatoms. The van der Waals surface area contributed by atoms with E-state index in [0.717, 1.165) is 43.0 Å². The monoisotopic (exact) mass is 429 g/mol. The van der Waals surface area contributed by atoms with Crippen molar-refractivity contribution in [2.24, 2.45) is 12.8 Å². The van der Waals surface area contributed by atoms with Gasteiger partial charge in [-0.15, -0.1) is 11.3 Å². The third-order valence-corrected chi connectivity index (χ3v) is 5.86. The Morgan fingerprint density at radius 2 is 2.07 bits per heavy atom. The fourth-order valence-corrected chi connectivity index (χ4v) is 3.88. The van der Waals surface area contributed by atoms with Gasteiger partial charge in [-0.05, 0) is 32.1 Å². The van der Waals surface area contributed by atoms with Crippen LogP contribution in [0.15, 0.2) is 30.2 Å². The summed E-state index contributed by atoms with van der Waals surface area (Å²) in [5, 5.41) is 13.7. The van der Waals surface area contributed by atoms with Gasteiger partial charge in [0.2, 0.25) is 0 Å². The first-order chi connectivity index (χ1) is 14.6. The first-order valence-electron chi connectivity index (χ1n) is 10.2. The SMILES string of the molecule is Cn1cc(NC(=O)c2csc(-c3cnn(C4CC4)c3)n2)cn1.NC1CCCOCC1. The van der Waals surface area contributed by atoms with Crippen LogP contribution >= 0.6 is 11.3 Å². The second-order valence-corrected chi connectivity index (χ2v) is 8.50. The molecule has 1 amide bonds. The van der Waals surface area contributed by atoms with Crippen LogP contribution < -0.4 is 11.1 Å².